The average Bonchev–Trinajstić information content (AvgIpc) is 2.81. The molecule has 4 atom stereocenters. The van der Waals surface area contributed by atoms with Gasteiger partial charge in [0.2, 0.25) is 5.78 Å². The number of phenolic OH excluding ortho intramolecular Hbond substituents is 1. The zero-order chi connectivity index (χ0) is 29.3. The Hall–Kier alpha value is -2.92. The molecular formula is C28H36ClN3O7. The fourth-order valence-electron chi connectivity index (χ4n) is 6.63. The second-order valence-electron chi connectivity index (χ2n) is 11.5. The molecule has 1 aromatic rings. The highest BCUT2D eigenvalue weighted by Gasteiger charge is 2.63. The fourth-order valence-corrected chi connectivity index (χ4v) is 6.91. The number of hydrogen-bond acceptors (Lipinski definition) is 9. The number of aromatic hydroxyl groups is 1. The van der Waals surface area contributed by atoms with Crippen LogP contribution >= 0.6 is 11.6 Å². The number of ketones is 2. The molecule has 39 heavy (non-hydrogen) atoms. The van der Waals surface area contributed by atoms with Crippen molar-refractivity contribution >= 4 is 29.1 Å². The van der Waals surface area contributed by atoms with Gasteiger partial charge in [-0.15, -0.1) is 0 Å². The molecule has 0 unspecified atom stereocenters. The normalized spacial score (nSPS) is 27.0. The Balaban J connectivity index is 1.88. The van der Waals surface area contributed by atoms with Crippen molar-refractivity contribution in [3.63, 3.8) is 0 Å². The minimum Gasteiger partial charge on any atom is -0.510 e. The van der Waals surface area contributed by atoms with Gasteiger partial charge in [0.15, 0.2) is 11.4 Å². The molecule has 6 N–H and O–H groups in total. The van der Waals surface area contributed by atoms with Crippen LogP contribution in [0.3, 0.4) is 0 Å². The van der Waals surface area contributed by atoms with Crippen LogP contribution in [-0.2, 0) is 22.6 Å². The molecule has 3 aliphatic rings. The van der Waals surface area contributed by atoms with E-state index in [0.29, 0.717) is 22.7 Å². The molecular weight excluding hydrogens is 526 g/mol. The maximum absolute atomic E-state index is 13.8. The molecule has 212 valence electrons. The van der Waals surface area contributed by atoms with Gasteiger partial charge in [-0.05, 0) is 77.7 Å². The van der Waals surface area contributed by atoms with Crippen LogP contribution in [-0.4, -0.2) is 85.5 Å². The van der Waals surface area contributed by atoms with Crippen LogP contribution in [0.4, 0.5) is 0 Å². The quantitative estimate of drug-likeness (QED) is 0.328. The molecule has 11 heteroatoms. The molecule has 0 aromatic heterocycles. The van der Waals surface area contributed by atoms with Crippen molar-refractivity contribution in [2.75, 3.05) is 14.1 Å². The van der Waals surface area contributed by atoms with Crippen molar-refractivity contribution in [1.82, 2.24) is 9.80 Å². The van der Waals surface area contributed by atoms with Gasteiger partial charge in [-0.25, -0.2) is 0 Å². The lowest BCUT2D eigenvalue weighted by Crippen LogP contribution is -2.63. The third kappa shape index (κ3) is 4.25. The third-order valence-electron chi connectivity index (χ3n) is 8.41. The molecule has 10 nitrogen and oxygen atoms in total. The second-order valence-corrected chi connectivity index (χ2v) is 11.9. The van der Waals surface area contributed by atoms with Gasteiger partial charge in [0, 0.05) is 35.1 Å². The Kier molecular flexibility index (Phi) is 7.40. The fraction of sp³-hybridized carbons (Fsp3) is 0.536. The highest BCUT2D eigenvalue weighted by Crippen LogP contribution is 2.53. The molecule has 4 rings (SSSR count). The molecule has 0 fully saturated rings. The summed E-state index contributed by atoms with van der Waals surface area (Å²) in [5.74, 6) is -6.85. The Labute approximate surface area is 232 Å². The molecule has 0 saturated carbocycles. The SMILES string of the molecule is CC(C)N(Cc1cc(O)c2c(c1Cl)C[C@H]1C[C@H]3[C@H](N(C)C)C(O)=C(C(N)=O)C(=O)[C@@]3(O)C(O)=C1C2=O)C(C)C. The summed E-state index contributed by atoms with van der Waals surface area (Å²) < 4.78 is 0. The molecule has 0 aliphatic heterocycles. The van der Waals surface area contributed by atoms with Crippen molar-refractivity contribution in [1.29, 1.82) is 0 Å². The summed E-state index contributed by atoms with van der Waals surface area (Å²) >= 11 is 6.85. The number of hydrogen-bond donors (Lipinski definition) is 5. The second kappa shape index (κ2) is 9.92. The largest absolute Gasteiger partial charge is 0.510 e. The Morgan fingerprint density at radius 2 is 1.74 bits per heavy atom. The van der Waals surface area contributed by atoms with Crippen LogP contribution in [0.15, 0.2) is 28.7 Å². The molecule has 0 bridgehead atoms. The molecule has 0 radical (unpaired) electrons. The Morgan fingerprint density at radius 3 is 2.26 bits per heavy atom. The number of Topliss-reactive ketones (excluding diaryl/α,β-unsaturated/α-hetero) is 2. The maximum atomic E-state index is 13.8. The summed E-state index contributed by atoms with van der Waals surface area (Å²) in [5, 5.41) is 45.2. The van der Waals surface area contributed by atoms with Gasteiger partial charge in [-0.3, -0.25) is 24.2 Å². The van der Waals surface area contributed by atoms with Crippen molar-refractivity contribution in [2.45, 2.75) is 70.8 Å². The number of carbonyl (C=O) groups excluding carboxylic acids is 3. The van der Waals surface area contributed by atoms with E-state index >= 15 is 0 Å². The first-order valence-electron chi connectivity index (χ1n) is 13.0. The topological polar surface area (TPSA) is 165 Å². The number of primary amides is 1. The van der Waals surface area contributed by atoms with E-state index in [1.54, 1.807) is 14.1 Å². The number of likely N-dealkylation sites (N-methyl/N-ethyl adjacent to an activating group) is 1. The van der Waals surface area contributed by atoms with E-state index in [-0.39, 0.29) is 41.8 Å². The van der Waals surface area contributed by atoms with E-state index in [1.807, 2.05) is 0 Å². The van der Waals surface area contributed by atoms with Crippen LogP contribution in [0, 0.1) is 11.8 Å². The van der Waals surface area contributed by atoms with Crippen LogP contribution < -0.4 is 5.73 Å². The molecule has 1 amide bonds. The summed E-state index contributed by atoms with van der Waals surface area (Å²) in [4.78, 5) is 42.9. The van der Waals surface area contributed by atoms with Crippen LogP contribution in [0.2, 0.25) is 5.02 Å². The monoisotopic (exact) mass is 561 g/mol. The number of nitrogens with zero attached hydrogens (tertiary/aromatic N) is 2. The lowest BCUT2D eigenvalue weighted by molar-refractivity contribution is -0.148. The predicted octanol–water partition coefficient (Wildman–Crippen LogP) is 2.39. The van der Waals surface area contributed by atoms with Gasteiger partial charge in [0.1, 0.15) is 22.8 Å². The number of aliphatic hydroxyl groups excluding tert-OH is 2. The van der Waals surface area contributed by atoms with Gasteiger partial charge >= 0.3 is 0 Å². The van der Waals surface area contributed by atoms with Crippen molar-refractivity contribution < 1.29 is 34.8 Å². The number of fused-ring (bicyclic) bond motifs is 3. The van der Waals surface area contributed by atoms with Crippen LogP contribution in [0.5, 0.6) is 5.75 Å². The van der Waals surface area contributed by atoms with E-state index in [4.69, 9.17) is 17.3 Å². The first-order chi connectivity index (χ1) is 18.0. The van der Waals surface area contributed by atoms with E-state index in [0.717, 1.165) is 0 Å². The van der Waals surface area contributed by atoms with Gasteiger partial charge in [0.25, 0.3) is 5.91 Å². The Bertz CT molecular complexity index is 1320. The minimum atomic E-state index is -2.67. The number of allylic oxidation sites excluding steroid dienone is 1. The summed E-state index contributed by atoms with van der Waals surface area (Å²) in [6, 6.07) is 0.785. The number of rotatable bonds is 6. The lowest BCUT2D eigenvalue weighted by Gasteiger charge is -2.50. The van der Waals surface area contributed by atoms with Crippen molar-refractivity contribution in [3.05, 3.63) is 50.4 Å². The summed E-state index contributed by atoms with van der Waals surface area (Å²) in [6.45, 7) is 8.66. The molecule has 0 heterocycles. The number of benzene rings is 1. The zero-order valence-electron chi connectivity index (χ0n) is 22.9. The zero-order valence-corrected chi connectivity index (χ0v) is 23.7. The number of nitrogens with two attached hydrogens (primary N) is 1. The van der Waals surface area contributed by atoms with E-state index < -0.39 is 58.0 Å². The van der Waals surface area contributed by atoms with E-state index in [1.165, 1.54) is 11.0 Å². The van der Waals surface area contributed by atoms with Crippen molar-refractivity contribution in [2.24, 2.45) is 17.6 Å². The number of halogens is 1. The lowest BCUT2D eigenvalue weighted by atomic mass is 9.58. The summed E-state index contributed by atoms with van der Waals surface area (Å²) in [7, 11) is 3.17. The van der Waals surface area contributed by atoms with Crippen LogP contribution in [0.1, 0.15) is 55.6 Å². The van der Waals surface area contributed by atoms with Gasteiger partial charge in [-0.1, -0.05) is 11.6 Å². The number of amides is 1. The van der Waals surface area contributed by atoms with E-state index in [9.17, 15) is 34.8 Å². The highest BCUT2D eigenvalue weighted by molar-refractivity contribution is 6.33. The maximum Gasteiger partial charge on any atom is 0.255 e. The number of carbonyl (C=O) groups is 3. The van der Waals surface area contributed by atoms with E-state index in [2.05, 4.69) is 32.6 Å². The van der Waals surface area contributed by atoms with Gasteiger partial charge in [0.05, 0.1) is 11.6 Å². The smallest absolute Gasteiger partial charge is 0.255 e. The summed E-state index contributed by atoms with van der Waals surface area (Å²) in [6.07, 6.45) is 0.162. The molecule has 1 aromatic carbocycles. The van der Waals surface area contributed by atoms with Crippen molar-refractivity contribution in [3.8, 4) is 5.75 Å². The first-order valence-corrected chi connectivity index (χ1v) is 13.4. The third-order valence-corrected chi connectivity index (χ3v) is 8.88. The first kappa shape index (κ1) is 29.1. The average molecular weight is 562 g/mol. The predicted molar refractivity (Wildman–Crippen MR) is 144 cm³/mol. The molecule has 3 aliphatic carbocycles. The molecule has 0 saturated heterocycles. The Morgan fingerprint density at radius 1 is 1.15 bits per heavy atom. The standard InChI is InChI=1S/C28H36ClN3O7/c1-11(2)32(12(3)4)10-14-9-17(33)19-15(21(14)29)7-13-8-16-22(31(5)6)24(35)20(27(30)38)26(37)28(16,39)25(36)18(13)23(19)34/h9,11-13,16,22,33,35-36,39H,7-8,10H2,1-6H3,(H2,30,38)/t13-,16-,22-,28-/m0/s1. The highest BCUT2D eigenvalue weighted by atomic mass is 35.5. The number of phenols is 1. The number of aliphatic hydroxyl groups is 3. The van der Waals surface area contributed by atoms with Gasteiger partial charge in [-0.2, -0.15) is 0 Å². The van der Waals surface area contributed by atoms with Gasteiger partial charge < -0.3 is 26.2 Å². The van der Waals surface area contributed by atoms with Crippen LogP contribution in [0.25, 0.3) is 0 Å². The minimum absolute atomic E-state index is 0.0111. The summed E-state index contributed by atoms with van der Waals surface area (Å²) in [5.41, 5.74) is 2.63. The molecule has 0 spiro atoms.